The monoisotopic (exact) mass is 299 g/mol. The molecule has 0 aliphatic carbocycles. The van der Waals surface area contributed by atoms with Gasteiger partial charge in [0.1, 0.15) is 0 Å². The maximum Gasteiger partial charge on any atom is 0.0762 e. The summed E-state index contributed by atoms with van der Waals surface area (Å²) < 4.78 is 3.00. The van der Waals surface area contributed by atoms with Crippen LogP contribution in [0, 0.1) is 0 Å². The standard InChI is InChI=1S/C11H14BrN3S/c1-8(10-3-4-11(12)16-10)13-7-9-5-6-15(2)14-9/h3-6,8,13H,7H2,1-2H3. The maximum atomic E-state index is 4.33. The molecule has 2 rings (SSSR count). The van der Waals surface area contributed by atoms with Crippen LogP contribution in [0.2, 0.25) is 0 Å². The Morgan fingerprint density at radius 2 is 2.31 bits per heavy atom. The molecule has 0 aliphatic rings. The van der Waals surface area contributed by atoms with Gasteiger partial charge in [-0.15, -0.1) is 11.3 Å². The molecule has 0 aliphatic heterocycles. The van der Waals surface area contributed by atoms with Crippen LogP contribution in [0.5, 0.6) is 0 Å². The first kappa shape index (κ1) is 11.8. The molecular weight excluding hydrogens is 286 g/mol. The maximum absolute atomic E-state index is 4.33. The zero-order valence-electron chi connectivity index (χ0n) is 9.27. The molecule has 0 fully saturated rings. The highest BCUT2D eigenvalue weighted by molar-refractivity contribution is 9.11. The normalized spacial score (nSPS) is 12.9. The van der Waals surface area contributed by atoms with E-state index in [1.807, 2.05) is 24.0 Å². The number of halogens is 1. The van der Waals surface area contributed by atoms with Crippen molar-refractivity contribution in [1.82, 2.24) is 15.1 Å². The van der Waals surface area contributed by atoms with Gasteiger partial charge in [0.25, 0.3) is 0 Å². The van der Waals surface area contributed by atoms with Gasteiger partial charge >= 0.3 is 0 Å². The van der Waals surface area contributed by atoms with Crippen LogP contribution in [0.15, 0.2) is 28.2 Å². The lowest BCUT2D eigenvalue weighted by atomic mass is 10.2. The second-order valence-electron chi connectivity index (χ2n) is 3.73. The van der Waals surface area contributed by atoms with Crippen LogP contribution in [0.3, 0.4) is 0 Å². The second-order valence-corrected chi connectivity index (χ2v) is 6.22. The van der Waals surface area contributed by atoms with Gasteiger partial charge in [0.2, 0.25) is 0 Å². The molecule has 0 aromatic carbocycles. The Labute approximate surface area is 108 Å². The number of hydrogen-bond donors (Lipinski definition) is 1. The highest BCUT2D eigenvalue weighted by Crippen LogP contribution is 2.27. The van der Waals surface area contributed by atoms with E-state index in [9.17, 15) is 0 Å². The molecule has 2 aromatic heterocycles. The van der Waals surface area contributed by atoms with Crippen molar-refractivity contribution in [1.29, 1.82) is 0 Å². The molecule has 86 valence electrons. The van der Waals surface area contributed by atoms with Crippen LogP contribution in [-0.2, 0) is 13.6 Å². The first-order valence-electron chi connectivity index (χ1n) is 5.12. The summed E-state index contributed by atoms with van der Waals surface area (Å²) in [5.41, 5.74) is 1.07. The Balaban J connectivity index is 1.91. The summed E-state index contributed by atoms with van der Waals surface area (Å²) >= 11 is 5.24. The van der Waals surface area contributed by atoms with Crippen molar-refractivity contribution in [2.45, 2.75) is 19.5 Å². The number of aromatic nitrogens is 2. The summed E-state index contributed by atoms with van der Waals surface area (Å²) in [5, 5.41) is 7.79. The molecule has 2 aromatic rings. The third-order valence-electron chi connectivity index (χ3n) is 2.38. The first-order chi connectivity index (χ1) is 7.65. The average molecular weight is 300 g/mol. The third-order valence-corrected chi connectivity index (χ3v) is 4.19. The molecular formula is C11H14BrN3S. The van der Waals surface area contributed by atoms with E-state index < -0.39 is 0 Å². The van der Waals surface area contributed by atoms with Crippen molar-refractivity contribution >= 4 is 27.3 Å². The van der Waals surface area contributed by atoms with Crippen LogP contribution in [0.4, 0.5) is 0 Å². The highest BCUT2D eigenvalue weighted by Gasteiger charge is 2.07. The van der Waals surface area contributed by atoms with Gasteiger partial charge in [-0.3, -0.25) is 4.68 Å². The average Bonchev–Trinajstić information content (AvgIpc) is 2.84. The smallest absolute Gasteiger partial charge is 0.0762 e. The molecule has 16 heavy (non-hydrogen) atoms. The molecule has 0 saturated carbocycles. The summed E-state index contributed by atoms with van der Waals surface area (Å²) in [6.45, 7) is 2.97. The van der Waals surface area contributed by atoms with Gasteiger partial charge in [0, 0.05) is 30.7 Å². The Morgan fingerprint density at radius 1 is 1.50 bits per heavy atom. The predicted molar refractivity (Wildman–Crippen MR) is 70.5 cm³/mol. The second kappa shape index (κ2) is 5.12. The minimum absolute atomic E-state index is 0.360. The van der Waals surface area contributed by atoms with Gasteiger partial charge in [-0.2, -0.15) is 5.10 Å². The molecule has 2 heterocycles. The summed E-state index contributed by atoms with van der Waals surface area (Å²) in [6, 6.07) is 6.62. The van der Waals surface area contributed by atoms with Crippen molar-refractivity contribution in [2.24, 2.45) is 7.05 Å². The molecule has 1 N–H and O–H groups in total. The molecule has 3 nitrogen and oxygen atoms in total. The SMILES string of the molecule is CC(NCc1ccn(C)n1)c1ccc(Br)s1. The quantitative estimate of drug-likeness (QED) is 0.940. The molecule has 0 bridgehead atoms. The van der Waals surface area contributed by atoms with E-state index in [0.29, 0.717) is 6.04 Å². The lowest BCUT2D eigenvalue weighted by Gasteiger charge is -2.10. The van der Waals surface area contributed by atoms with Gasteiger partial charge in [-0.05, 0) is 41.1 Å². The Kier molecular flexibility index (Phi) is 3.78. The van der Waals surface area contributed by atoms with Crippen molar-refractivity contribution < 1.29 is 0 Å². The van der Waals surface area contributed by atoms with Gasteiger partial charge < -0.3 is 5.32 Å². The van der Waals surface area contributed by atoms with Crippen LogP contribution < -0.4 is 5.32 Å². The van der Waals surface area contributed by atoms with E-state index in [2.05, 4.69) is 45.4 Å². The van der Waals surface area contributed by atoms with Crippen LogP contribution in [-0.4, -0.2) is 9.78 Å². The fraction of sp³-hybridized carbons (Fsp3) is 0.364. The summed E-state index contributed by atoms with van der Waals surface area (Å²) in [6.07, 6.45) is 1.96. The van der Waals surface area contributed by atoms with Crippen molar-refractivity contribution in [3.8, 4) is 0 Å². The number of aryl methyl sites for hydroxylation is 1. The zero-order chi connectivity index (χ0) is 11.5. The van der Waals surface area contributed by atoms with Gasteiger partial charge in [-0.1, -0.05) is 0 Å². The molecule has 1 unspecified atom stereocenters. The van der Waals surface area contributed by atoms with Crippen LogP contribution in [0.25, 0.3) is 0 Å². The van der Waals surface area contributed by atoms with Crippen molar-refractivity contribution in [3.05, 3.63) is 38.8 Å². The number of hydrogen-bond acceptors (Lipinski definition) is 3. The summed E-state index contributed by atoms with van der Waals surface area (Å²) in [5.74, 6) is 0. The van der Waals surface area contributed by atoms with Crippen molar-refractivity contribution in [2.75, 3.05) is 0 Å². The Bertz CT molecular complexity index is 463. The van der Waals surface area contributed by atoms with E-state index in [-0.39, 0.29) is 0 Å². The number of thiophene rings is 1. The topological polar surface area (TPSA) is 29.9 Å². The number of nitrogens with zero attached hydrogens (tertiary/aromatic N) is 2. The lowest BCUT2D eigenvalue weighted by molar-refractivity contribution is 0.569. The highest BCUT2D eigenvalue weighted by atomic mass is 79.9. The Hall–Kier alpha value is -0.650. The molecule has 5 heteroatoms. The molecule has 0 radical (unpaired) electrons. The molecule has 0 saturated heterocycles. The van der Waals surface area contributed by atoms with Gasteiger partial charge in [-0.25, -0.2) is 0 Å². The molecule has 1 atom stereocenters. The van der Waals surface area contributed by atoms with Crippen LogP contribution in [0.1, 0.15) is 23.5 Å². The third kappa shape index (κ3) is 2.93. The van der Waals surface area contributed by atoms with E-state index in [0.717, 1.165) is 12.2 Å². The summed E-state index contributed by atoms with van der Waals surface area (Å²) in [7, 11) is 1.93. The van der Waals surface area contributed by atoms with Crippen molar-refractivity contribution in [3.63, 3.8) is 0 Å². The lowest BCUT2D eigenvalue weighted by Crippen LogP contribution is -2.17. The zero-order valence-corrected chi connectivity index (χ0v) is 11.7. The van der Waals surface area contributed by atoms with E-state index in [4.69, 9.17) is 0 Å². The Morgan fingerprint density at radius 3 is 2.88 bits per heavy atom. The fourth-order valence-corrected chi connectivity index (χ4v) is 2.93. The van der Waals surface area contributed by atoms with E-state index >= 15 is 0 Å². The largest absolute Gasteiger partial charge is 0.304 e. The van der Waals surface area contributed by atoms with Gasteiger partial charge in [0.15, 0.2) is 0 Å². The van der Waals surface area contributed by atoms with E-state index in [1.54, 1.807) is 11.3 Å². The first-order valence-corrected chi connectivity index (χ1v) is 6.73. The van der Waals surface area contributed by atoms with Gasteiger partial charge in [0.05, 0.1) is 9.48 Å². The minimum atomic E-state index is 0.360. The van der Waals surface area contributed by atoms with Crippen LogP contribution >= 0.6 is 27.3 Å². The number of rotatable bonds is 4. The fourth-order valence-electron chi connectivity index (χ4n) is 1.48. The molecule has 0 spiro atoms. The van der Waals surface area contributed by atoms with E-state index in [1.165, 1.54) is 8.66 Å². The number of nitrogens with one attached hydrogen (secondary N) is 1. The minimum Gasteiger partial charge on any atom is -0.304 e. The predicted octanol–water partition coefficient (Wildman–Crippen LogP) is 3.09. The summed E-state index contributed by atoms with van der Waals surface area (Å²) in [4.78, 5) is 1.34. The molecule has 0 amide bonds.